The second-order valence-corrected chi connectivity index (χ2v) is 9.09. The van der Waals surface area contributed by atoms with E-state index < -0.39 is 5.92 Å². The van der Waals surface area contributed by atoms with Crippen LogP contribution in [0, 0.1) is 5.92 Å². The van der Waals surface area contributed by atoms with Gasteiger partial charge in [-0.2, -0.15) is 0 Å². The Balaban J connectivity index is 1.28. The maximum Gasteiger partial charge on any atom is 0.233 e. The van der Waals surface area contributed by atoms with Crippen LogP contribution < -0.4 is 10.2 Å². The van der Waals surface area contributed by atoms with Gasteiger partial charge >= 0.3 is 0 Å². The molecule has 9 nitrogen and oxygen atoms in total. The molecule has 2 fully saturated rings. The van der Waals surface area contributed by atoms with Gasteiger partial charge in [0.15, 0.2) is 4.34 Å². The monoisotopic (exact) mass is 447 g/mol. The number of carbonyl (C=O) groups excluding carboxylic acids is 3. The molecule has 2 saturated heterocycles. The Morgan fingerprint density at radius 2 is 1.97 bits per heavy atom. The number of amides is 3. The normalized spacial score (nSPS) is 19.2. The van der Waals surface area contributed by atoms with Crippen molar-refractivity contribution in [3.63, 3.8) is 0 Å². The van der Waals surface area contributed by atoms with Crippen LogP contribution in [0.3, 0.4) is 0 Å². The summed E-state index contributed by atoms with van der Waals surface area (Å²) in [5.74, 6) is -0.461. The van der Waals surface area contributed by atoms with Gasteiger partial charge in [0.2, 0.25) is 22.9 Å². The quantitative estimate of drug-likeness (QED) is 0.528. The minimum Gasteiger partial charge on any atom is -0.378 e. The van der Waals surface area contributed by atoms with E-state index in [2.05, 4.69) is 15.5 Å². The van der Waals surface area contributed by atoms with Crippen molar-refractivity contribution in [2.24, 2.45) is 5.92 Å². The zero-order valence-corrected chi connectivity index (χ0v) is 17.8. The fraction of sp³-hybridized carbons (Fsp3) is 0.421. The third kappa shape index (κ3) is 4.97. The second kappa shape index (κ2) is 9.54. The lowest BCUT2D eigenvalue weighted by Crippen LogP contribution is -2.41. The first-order valence-electron chi connectivity index (χ1n) is 9.58. The van der Waals surface area contributed by atoms with Gasteiger partial charge in [-0.1, -0.05) is 41.3 Å². The van der Waals surface area contributed by atoms with E-state index in [1.54, 1.807) is 9.80 Å². The van der Waals surface area contributed by atoms with Gasteiger partial charge in [0.05, 0.1) is 24.9 Å². The van der Waals surface area contributed by atoms with Crippen LogP contribution in [0.5, 0.6) is 0 Å². The Kier molecular flexibility index (Phi) is 6.60. The van der Waals surface area contributed by atoms with Gasteiger partial charge in [-0.25, -0.2) is 0 Å². The first-order chi connectivity index (χ1) is 14.6. The molecule has 3 amide bonds. The van der Waals surface area contributed by atoms with E-state index in [4.69, 9.17) is 4.74 Å². The highest BCUT2D eigenvalue weighted by Crippen LogP contribution is 2.28. The van der Waals surface area contributed by atoms with E-state index in [1.807, 2.05) is 30.3 Å². The lowest BCUT2D eigenvalue weighted by Gasteiger charge is -2.26. The van der Waals surface area contributed by atoms with Crippen LogP contribution in [-0.2, 0) is 19.1 Å². The van der Waals surface area contributed by atoms with Crippen molar-refractivity contribution in [1.29, 1.82) is 0 Å². The SMILES string of the molecule is O=C(Nc1nnc(SCC(=O)N2CCOCC2)s1)[C@H]1CC(=O)N(c2ccccc2)C1. The largest absolute Gasteiger partial charge is 0.378 e. The Morgan fingerprint density at radius 1 is 1.20 bits per heavy atom. The third-order valence-electron chi connectivity index (χ3n) is 4.88. The molecule has 158 valence electrons. The Labute approximate surface area is 181 Å². The number of nitrogens with zero attached hydrogens (tertiary/aromatic N) is 4. The van der Waals surface area contributed by atoms with Crippen molar-refractivity contribution < 1.29 is 19.1 Å². The molecule has 1 N–H and O–H groups in total. The average molecular weight is 448 g/mol. The Bertz CT molecular complexity index is 917. The van der Waals surface area contributed by atoms with Gasteiger partial charge < -0.3 is 19.9 Å². The van der Waals surface area contributed by atoms with Crippen molar-refractivity contribution in [2.45, 2.75) is 10.8 Å². The van der Waals surface area contributed by atoms with Crippen LogP contribution in [0.2, 0.25) is 0 Å². The Morgan fingerprint density at radius 3 is 2.73 bits per heavy atom. The van der Waals surface area contributed by atoms with Gasteiger partial charge in [-0.3, -0.25) is 14.4 Å². The number of para-hydroxylation sites is 1. The smallest absolute Gasteiger partial charge is 0.233 e. The molecule has 0 spiro atoms. The first kappa shape index (κ1) is 20.8. The van der Waals surface area contributed by atoms with Crippen molar-refractivity contribution >= 4 is 51.6 Å². The summed E-state index contributed by atoms with van der Waals surface area (Å²) < 4.78 is 5.86. The number of rotatable bonds is 6. The number of nitrogens with one attached hydrogen (secondary N) is 1. The number of carbonyl (C=O) groups is 3. The van der Waals surface area contributed by atoms with E-state index in [-0.39, 0.29) is 29.9 Å². The van der Waals surface area contributed by atoms with Crippen molar-refractivity contribution in [2.75, 3.05) is 48.8 Å². The number of aromatic nitrogens is 2. The summed E-state index contributed by atoms with van der Waals surface area (Å²) in [6, 6.07) is 9.31. The molecule has 0 unspecified atom stereocenters. The van der Waals surface area contributed by atoms with Crippen LogP contribution >= 0.6 is 23.1 Å². The molecule has 0 aliphatic carbocycles. The van der Waals surface area contributed by atoms with E-state index in [9.17, 15) is 14.4 Å². The van der Waals surface area contributed by atoms with Crippen molar-refractivity contribution in [1.82, 2.24) is 15.1 Å². The number of hydrogen-bond acceptors (Lipinski definition) is 8. The molecule has 4 rings (SSSR count). The molecular weight excluding hydrogens is 426 g/mol. The van der Waals surface area contributed by atoms with Crippen LogP contribution in [0.25, 0.3) is 0 Å². The maximum absolute atomic E-state index is 12.6. The molecule has 11 heteroatoms. The standard InChI is InChI=1S/C19H21N5O4S2/c25-15-10-13(11-24(15)14-4-2-1-3-5-14)17(27)20-18-21-22-19(30-18)29-12-16(26)23-6-8-28-9-7-23/h1-5,13H,6-12H2,(H,20,21,27)/t13-/m0/s1. The van der Waals surface area contributed by atoms with Gasteiger partial charge in [-0.05, 0) is 12.1 Å². The molecule has 2 aromatic rings. The number of benzene rings is 1. The average Bonchev–Trinajstić information content (AvgIpc) is 3.39. The van der Waals surface area contributed by atoms with Crippen LogP contribution in [-0.4, -0.2) is 71.4 Å². The summed E-state index contributed by atoms with van der Waals surface area (Å²) in [4.78, 5) is 40.5. The van der Waals surface area contributed by atoms with Crippen molar-refractivity contribution in [3.8, 4) is 0 Å². The summed E-state index contributed by atoms with van der Waals surface area (Å²) in [6.45, 7) is 2.69. The number of morpholine rings is 1. The van der Waals surface area contributed by atoms with Crippen molar-refractivity contribution in [3.05, 3.63) is 30.3 Å². The van der Waals surface area contributed by atoms with E-state index >= 15 is 0 Å². The molecule has 1 aromatic heterocycles. The highest BCUT2D eigenvalue weighted by atomic mass is 32.2. The lowest BCUT2D eigenvalue weighted by atomic mass is 10.1. The van der Waals surface area contributed by atoms with E-state index in [1.165, 1.54) is 23.1 Å². The molecule has 30 heavy (non-hydrogen) atoms. The molecule has 3 heterocycles. The summed E-state index contributed by atoms with van der Waals surface area (Å²) >= 11 is 2.52. The summed E-state index contributed by atoms with van der Waals surface area (Å²) in [6.07, 6.45) is 0.162. The molecule has 0 radical (unpaired) electrons. The number of anilines is 2. The lowest BCUT2D eigenvalue weighted by molar-refractivity contribution is -0.132. The van der Waals surface area contributed by atoms with Gasteiger partial charge in [0, 0.05) is 31.7 Å². The molecule has 2 aliphatic rings. The number of ether oxygens (including phenoxy) is 1. The third-order valence-corrected chi connectivity index (χ3v) is 6.84. The number of thioether (sulfide) groups is 1. The Hall–Kier alpha value is -2.50. The topological polar surface area (TPSA) is 105 Å². The summed E-state index contributed by atoms with van der Waals surface area (Å²) in [5, 5.41) is 11.1. The predicted molar refractivity (Wildman–Crippen MR) is 114 cm³/mol. The van der Waals surface area contributed by atoms with Crippen LogP contribution in [0.4, 0.5) is 10.8 Å². The number of hydrogen-bond donors (Lipinski definition) is 1. The minimum atomic E-state index is -0.444. The van der Waals surface area contributed by atoms with Gasteiger partial charge in [0.1, 0.15) is 0 Å². The second-order valence-electron chi connectivity index (χ2n) is 6.89. The zero-order chi connectivity index (χ0) is 20.9. The highest BCUT2D eigenvalue weighted by molar-refractivity contribution is 8.01. The zero-order valence-electron chi connectivity index (χ0n) is 16.2. The van der Waals surface area contributed by atoms with Crippen LogP contribution in [0.15, 0.2) is 34.7 Å². The fourth-order valence-electron chi connectivity index (χ4n) is 3.29. The summed E-state index contributed by atoms with van der Waals surface area (Å²) in [7, 11) is 0. The molecular formula is C19H21N5O4S2. The summed E-state index contributed by atoms with van der Waals surface area (Å²) in [5.41, 5.74) is 0.789. The molecule has 1 aromatic carbocycles. The molecule has 1 atom stereocenters. The van der Waals surface area contributed by atoms with E-state index in [0.717, 1.165) is 5.69 Å². The molecule has 0 saturated carbocycles. The minimum absolute atomic E-state index is 0.0366. The van der Waals surface area contributed by atoms with Crippen LogP contribution in [0.1, 0.15) is 6.42 Å². The van der Waals surface area contributed by atoms with Gasteiger partial charge in [0.25, 0.3) is 0 Å². The molecule has 2 aliphatic heterocycles. The maximum atomic E-state index is 12.6. The predicted octanol–water partition coefficient (Wildman–Crippen LogP) is 1.48. The fourth-order valence-corrected chi connectivity index (χ4v) is 4.95. The van der Waals surface area contributed by atoms with Gasteiger partial charge in [-0.15, -0.1) is 10.2 Å². The highest BCUT2D eigenvalue weighted by Gasteiger charge is 2.35. The molecule has 0 bridgehead atoms. The van der Waals surface area contributed by atoms with E-state index in [0.29, 0.717) is 42.3 Å². The first-order valence-corrected chi connectivity index (χ1v) is 11.4.